The van der Waals surface area contributed by atoms with E-state index in [4.69, 9.17) is 14.2 Å². The number of methoxy groups -OCH3 is 3. The van der Waals surface area contributed by atoms with Gasteiger partial charge in [0, 0.05) is 12.7 Å². The standard InChI is InChI=1S/C20H23NO4/c1-23-16-10-8-13(12-18(16)25-3)9-11-17(24-2)19-14-6-4-5-7-15(14)20(22)21-19/h4-8,10,12,17,19H,9,11H2,1-3H3,(H,21,22). The van der Waals surface area contributed by atoms with E-state index in [0.29, 0.717) is 11.5 Å². The number of rotatable bonds is 7. The van der Waals surface area contributed by atoms with Gasteiger partial charge in [0.1, 0.15) is 0 Å². The number of fused-ring (bicyclic) bond motifs is 1. The monoisotopic (exact) mass is 341 g/mol. The molecule has 1 heterocycles. The topological polar surface area (TPSA) is 56.8 Å². The highest BCUT2D eigenvalue weighted by molar-refractivity contribution is 5.99. The smallest absolute Gasteiger partial charge is 0.252 e. The average Bonchev–Trinajstić information content (AvgIpc) is 2.99. The van der Waals surface area contributed by atoms with Gasteiger partial charge in [0.2, 0.25) is 0 Å². The fourth-order valence-electron chi connectivity index (χ4n) is 3.33. The van der Waals surface area contributed by atoms with E-state index in [-0.39, 0.29) is 18.1 Å². The summed E-state index contributed by atoms with van der Waals surface area (Å²) in [4.78, 5) is 12.1. The van der Waals surface area contributed by atoms with Crippen LogP contribution in [0, 0.1) is 0 Å². The quantitative estimate of drug-likeness (QED) is 0.841. The third-order valence-electron chi connectivity index (χ3n) is 4.67. The third-order valence-corrected chi connectivity index (χ3v) is 4.67. The van der Waals surface area contributed by atoms with Crippen LogP contribution in [-0.4, -0.2) is 33.3 Å². The van der Waals surface area contributed by atoms with Gasteiger partial charge in [0.15, 0.2) is 11.5 Å². The molecule has 2 unspecified atom stereocenters. The summed E-state index contributed by atoms with van der Waals surface area (Å²) in [6.45, 7) is 0. The van der Waals surface area contributed by atoms with Gasteiger partial charge in [0.05, 0.1) is 26.4 Å². The fourth-order valence-corrected chi connectivity index (χ4v) is 3.33. The Kier molecular flexibility index (Phi) is 5.24. The normalized spacial score (nSPS) is 16.9. The molecule has 25 heavy (non-hydrogen) atoms. The fraction of sp³-hybridized carbons (Fsp3) is 0.350. The molecule has 0 fully saturated rings. The molecule has 0 saturated carbocycles. The summed E-state index contributed by atoms with van der Waals surface area (Å²) in [5.41, 5.74) is 2.88. The average molecular weight is 341 g/mol. The number of nitrogens with one attached hydrogen (secondary N) is 1. The minimum absolute atomic E-state index is 0.0335. The van der Waals surface area contributed by atoms with E-state index in [9.17, 15) is 4.79 Å². The Labute approximate surface area is 147 Å². The summed E-state index contributed by atoms with van der Waals surface area (Å²) in [7, 11) is 4.94. The molecule has 0 bridgehead atoms. The molecule has 0 aliphatic carbocycles. The summed E-state index contributed by atoms with van der Waals surface area (Å²) in [6.07, 6.45) is 1.50. The number of benzene rings is 2. The van der Waals surface area contributed by atoms with Crippen LogP contribution in [0.3, 0.4) is 0 Å². The Morgan fingerprint density at radius 2 is 1.80 bits per heavy atom. The van der Waals surface area contributed by atoms with Gasteiger partial charge in [-0.2, -0.15) is 0 Å². The summed E-state index contributed by atoms with van der Waals surface area (Å²) in [6, 6.07) is 13.5. The molecule has 132 valence electrons. The first-order valence-electron chi connectivity index (χ1n) is 8.31. The predicted octanol–water partition coefficient (Wildman–Crippen LogP) is 3.14. The molecule has 1 aliphatic heterocycles. The van der Waals surface area contributed by atoms with Crippen LogP contribution in [-0.2, 0) is 11.2 Å². The molecular formula is C20H23NO4. The zero-order valence-corrected chi connectivity index (χ0v) is 14.7. The molecule has 2 aromatic rings. The first kappa shape index (κ1) is 17.3. The lowest BCUT2D eigenvalue weighted by Gasteiger charge is -2.23. The lowest BCUT2D eigenvalue weighted by atomic mass is 9.96. The van der Waals surface area contributed by atoms with Gasteiger partial charge in [-0.1, -0.05) is 24.3 Å². The number of amides is 1. The van der Waals surface area contributed by atoms with E-state index in [1.807, 2.05) is 42.5 Å². The lowest BCUT2D eigenvalue weighted by molar-refractivity contribution is 0.0600. The van der Waals surface area contributed by atoms with E-state index >= 15 is 0 Å². The zero-order valence-electron chi connectivity index (χ0n) is 14.7. The van der Waals surface area contributed by atoms with Crippen molar-refractivity contribution in [3.8, 4) is 11.5 Å². The Balaban J connectivity index is 1.73. The first-order chi connectivity index (χ1) is 12.2. The van der Waals surface area contributed by atoms with Gasteiger partial charge in [-0.15, -0.1) is 0 Å². The maximum absolute atomic E-state index is 12.1. The van der Waals surface area contributed by atoms with Crippen molar-refractivity contribution >= 4 is 5.91 Å². The summed E-state index contributed by atoms with van der Waals surface area (Å²) in [5.74, 6) is 1.40. The molecule has 5 nitrogen and oxygen atoms in total. The van der Waals surface area contributed by atoms with Crippen molar-refractivity contribution in [3.63, 3.8) is 0 Å². The van der Waals surface area contributed by atoms with Gasteiger partial charge in [0.25, 0.3) is 5.91 Å². The second kappa shape index (κ2) is 7.57. The van der Waals surface area contributed by atoms with E-state index < -0.39 is 0 Å². The van der Waals surface area contributed by atoms with Gasteiger partial charge >= 0.3 is 0 Å². The van der Waals surface area contributed by atoms with Crippen LogP contribution in [0.25, 0.3) is 0 Å². The van der Waals surface area contributed by atoms with Crippen molar-refractivity contribution in [1.29, 1.82) is 0 Å². The van der Waals surface area contributed by atoms with E-state index in [0.717, 1.165) is 29.5 Å². The van der Waals surface area contributed by atoms with Crippen LogP contribution >= 0.6 is 0 Å². The number of hydrogen-bond donors (Lipinski definition) is 1. The van der Waals surface area contributed by atoms with Crippen molar-refractivity contribution in [1.82, 2.24) is 5.32 Å². The number of carbonyl (C=O) groups is 1. The van der Waals surface area contributed by atoms with Crippen molar-refractivity contribution in [2.45, 2.75) is 25.0 Å². The molecule has 0 radical (unpaired) electrons. The summed E-state index contributed by atoms with van der Waals surface area (Å²) >= 11 is 0. The molecular weight excluding hydrogens is 318 g/mol. The molecule has 1 amide bonds. The number of hydrogen-bond acceptors (Lipinski definition) is 4. The summed E-state index contributed by atoms with van der Waals surface area (Å²) in [5, 5.41) is 3.04. The molecule has 1 aliphatic rings. The molecule has 3 rings (SSSR count). The molecule has 1 N–H and O–H groups in total. The van der Waals surface area contributed by atoms with Gasteiger partial charge in [-0.05, 0) is 42.2 Å². The highest BCUT2D eigenvalue weighted by Gasteiger charge is 2.33. The molecule has 2 atom stereocenters. The number of ether oxygens (including phenoxy) is 3. The van der Waals surface area contributed by atoms with Crippen molar-refractivity contribution < 1.29 is 19.0 Å². The van der Waals surface area contributed by atoms with E-state index in [1.54, 1.807) is 21.3 Å². The van der Waals surface area contributed by atoms with Crippen molar-refractivity contribution in [2.24, 2.45) is 0 Å². The van der Waals surface area contributed by atoms with Crippen LogP contribution in [0.1, 0.15) is 33.9 Å². The molecule has 5 heteroatoms. The number of aryl methyl sites for hydroxylation is 1. The van der Waals surface area contributed by atoms with Crippen LogP contribution in [0.15, 0.2) is 42.5 Å². The van der Waals surface area contributed by atoms with Gasteiger partial charge in [-0.25, -0.2) is 0 Å². The highest BCUT2D eigenvalue weighted by Crippen LogP contribution is 2.32. The molecule has 2 aromatic carbocycles. The third kappa shape index (κ3) is 3.46. The second-order valence-electron chi connectivity index (χ2n) is 6.04. The van der Waals surface area contributed by atoms with Crippen molar-refractivity contribution in [2.75, 3.05) is 21.3 Å². The maximum atomic E-state index is 12.1. The minimum atomic E-state index is -0.117. The van der Waals surface area contributed by atoms with E-state index in [2.05, 4.69) is 5.32 Å². The lowest BCUT2D eigenvalue weighted by Crippen LogP contribution is -2.31. The largest absolute Gasteiger partial charge is 0.493 e. The van der Waals surface area contributed by atoms with Gasteiger partial charge in [-0.3, -0.25) is 4.79 Å². The molecule has 0 spiro atoms. The number of carbonyl (C=O) groups excluding carboxylic acids is 1. The first-order valence-corrected chi connectivity index (χ1v) is 8.31. The van der Waals surface area contributed by atoms with E-state index in [1.165, 1.54) is 0 Å². The Bertz CT molecular complexity index is 759. The van der Waals surface area contributed by atoms with Crippen molar-refractivity contribution in [3.05, 3.63) is 59.2 Å². The second-order valence-corrected chi connectivity index (χ2v) is 6.04. The molecule has 0 aromatic heterocycles. The zero-order chi connectivity index (χ0) is 17.8. The Morgan fingerprint density at radius 1 is 1.04 bits per heavy atom. The molecule has 0 saturated heterocycles. The van der Waals surface area contributed by atoms with Crippen LogP contribution in [0.2, 0.25) is 0 Å². The predicted molar refractivity (Wildman–Crippen MR) is 95.3 cm³/mol. The highest BCUT2D eigenvalue weighted by atomic mass is 16.5. The van der Waals surface area contributed by atoms with Crippen LogP contribution in [0.5, 0.6) is 11.5 Å². The van der Waals surface area contributed by atoms with Gasteiger partial charge < -0.3 is 19.5 Å². The Hall–Kier alpha value is -2.53. The minimum Gasteiger partial charge on any atom is -0.493 e. The summed E-state index contributed by atoms with van der Waals surface area (Å²) < 4.78 is 16.3. The van der Waals surface area contributed by atoms with Crippen LogP contribution < -0.4 is 14.8 Å². The SMILES string of the molecule is COc1ccc(CCC(OC)C2NC(=O)c3ccccc32)cc1OC. The van der Waals surface area contributed by atoms with Crippen LogP contribution in [0.4, 0.5) is 0 Å². The maximum Gasteiger partial charge on any atom is 0.252 e. The Morgan fingerprint density at radius 3 is 2.52 bits per heavy atom.